The minimum atomic E-state index is -3.32. The fraction of sp³-hybridized carbons (Fsp3) is 0.0714. The average molecular weight is 311 g/mol. The van der Waals surface area contributed by atoms with Gasteiger partial charge in [-0.25, -0.2) is 17.2 Å². The first-order valence-corrected chi connectivity index (χ1v) is 7.72. The molecule has 2 rings (SSSR count). The molecule has 0 aromatic heterocycles. The summed E-state index contributed by atoms with van der Waals surface area (Å²) >= 11 is 0. The fourth-order valence-corrected chi connectivity index (χ4v) is 2.30. The topological polar surface area (TPSA) is 63.2 Å². The van der Waals surface area contributed by atoms with Gasteiger partial charge in [0.05, 0.1) is 4.90 Å². The predicted molar refractivity (Wildman–Crippen MR) is 73.9 cm³/mol. The van der Waals surface area contributed by atoms with E-state index in [1.807, 2.05) is 0 Å². The number of hydrogen-bond donors (Lipinski definition) is 1. The highest BCUT2D eigenvalue weighted by atomic mass is 32.2. The third-order valence-electron chi connectivity index (χ3n) is 2.67. The van der Waals surface area contributed by atoms with Crippen LogP contribution in [0.1, 0.15) is 10.4 Å². The standard InChI is InChI=1S/C14H11F2NO3S/c1-21(19,20)13-4-2-12(3-5-13)17-14(18)9-6-10(15)8-11(16)7-9/h2-8H,1H3,(H,17,18). The van der Waals surface area contributed by atoms with Gasteiger partial charge in [-0.05, 0) is 36.4 Å². The molecule has 0 aliphatic heterocycles. The summed E-state index contributed by atoms with van der Waals surface area (Å²) < 4.78 is 48.6. The van der Waals surface area contributed by atoms with Crippen molar-refractivity contribution in [2.75, 3.05) is 11.6 Å². The van der Waals surface area contributed by atoms with Gasteiger partial charge in [-0.1, -0.05) is 0 Å². The van der Waals surface area contributed by atoms with Gasteiger partial charge in [0.2, 0.25) is 0 Å². The monoisotopic (exact) mass is 311 g/mol. The molecule has 0 atom stereocenters. The van der Waals surface area contributed by atoms with Crippen LogP contribution in [0.4, 0.5) is 14.5 Å². The van der Waals surface area contributed by atoms with Crippen molar-refractivity contribution in [2.24, 2.45) is 0 Å². The second-order valence-corrected chi connectivity index (χ2v) is 6.42. The first kappa shape index (κ1) is 15.1. The molecular weight excluding hydrogens is 300 g/mol. The zero-order chi connectivity index (χ0) is 15.6. The maximum atomic E-state index is 13.0. The summed E-state index contributed by atoms with van der Waals surface area (Å²) in [6.45, 7) is 0. The summed E-state index contributed by atoms with van der Waals surface area (Å²) in [6, 6.07) is 7.92. The fourth-order valence-electron chi connectivity index (χ4n) is 1.67. The summed E-state index contributed by atoms with van der Waals surface area (Å²) in [5.41, 5.74) is 0.150. The van der Waals surface area contributed by atoms with E-state index in [2.05, 4.69) is 5.32 Å². The van der Waals surface area contributed by atoms with Crippen LogP contribution in [0.5, 0.6) is 0 Å². The molecule has 110 valence electrons. The van der Waals surface area contributed by atoms with Gasteiger partial charge < -0.3 is 5.32 Å². The highest BCUT2D eigenvalue weighted by Gasteiger charge is 2.11. The number of halogens is 2. The molecule has 1 amide bonds. The van der Waals surface area contributed by atoms with E-state index < -0.39 is 27.4 Å². The largest absolute Gasteiger partial charge is 0.322 e. The number of rotatable bonds is 3. The van der Waals surface area contributed by atoms with Crippen LogP contribution >= 0.6 is 0 Å². The Labute approximate surface area is 120 Å². The predicted octanol–water partition coefficient (Wildman–Crippen LogP) is 2.62. The number of sulfone groups is 1. The Morgan fingerprint density at radius 3 is 2.00 bits per heavy atom. The van der Waals surface area contributed by atoms with Crippen molar-refractivity contribution in [3.63, 3.8) is 0 Å². The van der Waals surface area contributed by atoms with E-state index >= 15 is 0 Å². The summed E-state index contributed by atoms with van der Waals surface area (Å²) in [5, 5.41) is 2.42. The lowest BCUT2D eigenvalue weighted by atomic mass is 10.2. The van der Waals surface area contributed by atoms with Gasteiger partial charge in [0.1, 0.15) is 11.6 Å². The van der Waals surface area contributed by atoms with Crippen molar-refractivity contribution in [1.82, 2.24) is 0 Å². The molecule has 1 N–H and O–H groups in total. The molecule has 0 aliphatic carbocycles. The van der Waals surface area contributed by atoms with Gasteiger partial charge in [0, 0.05) is 23.6 Å². The lowest BCUT2D eigenvalue weighted by Crippen LogP contribution is -2.12. The molecule has 0 bridgehead atoms. The van der Waals surface area contributed by atoms with Gasteiger partial charge in [0.15, 0.2) is 9.84 Å². The highest BCUT2D eigenvalue weighted by Crippen LogP contribution is 2.15. The number of hydrogen-bond acceptors (Lipinski definition) is 3. The van der Waals surface area contributed by atoms with Crippen LogP contribution in [0.2, 0.25) is 0 Å². The van der Waals surface area contributed by atoms with Crippen molar-refractivity contribution in [1.29, 1.82) is 0 Å². The number of amides is 1. The lowest BCUT2D eigenvalue weighted by Gasteiger charge is -2.06. The molecule has 0 radical (unpaired) electrons. The van der Waals surface area contributed by atoms with Crippen LogP contribution in [0.15, 0.2) is 47.4 Å². The van der Waals surface area contributed by atoms with Crippen molar-refractivity contribution in [3.05, 3.63) is 59.7 Å². The Hall–Kier alpha value is -2.28. The number of carbonyl (C=O) groups excluding carboxylic acids is 1. The zero-order valence-electron chi connectivity index (χ0n) is 10.9. The Balaban J connectivity index is 2.20. The van der Waals surface area contributed by atoms with Crippen molar-refractivity contribution in [2.45, 2.75) is 4.90 Å². The Morgan fingerprint density at radius 1 is 1.00 bits per heavy atom. The molecule has 7 heteroatoms. The second kappa shape index (κ2) is 5.61. The Morgan fingerprint density at radius 2 is 1.52 bits per heavy atom. The molecule has 0 unspecified atom stereocenters. The smallest absolute Gasteiger partial charge is 0.255 e. The molecular formula is C14H11F2NO3S. The van der Waals surface area contributed by atoms with Crippen LogP contribution < -0.4 is 5.32 Å². The van der Waals surface area contributed by atoms with E-state index in [4.69, 9.17) is 0 Å². The number of benzene rings is 2. The SMILES string of the molecule is CS(=O)(=O)c1ccc(NC(=O)c2cc(F)cc(F)c2)cc1. The van der Waals surface area contributed by atoms with E-state index in [0.29, 0.717) is 11.8 Å². The Kier molecular flexibility index (Phi) is 4.04. The second-order valence-electron chi connectivity index (χ2n) is 4.41. The highest BCUT2D eigenvalue weighted by molar-refractivity contribution is 7.90. The lowest BCUT2D eigenvalue weighted by molar-refractivity contribution is 0.102. The van der Waals surface area contributed by atoms with Crippen LogP contribution in [0.25, 0.3) is 0 Å². The number of anilines is 1. The van der Waals surface area contributed by atoms with Gasteiger partial charge in [0.25, 0.3) is 5.91 Å². The van der Waals surface area contributed by atoms with E-state index in [1.54, 1.807) is 0 Å². The third-order valence-corrected chi connectivity index (χ3v) is 3.79. The van der Waals surface area contributed by atoms with Gasteiger partial charge in [-0.15, -0.1) is 0 Å². The molecule has 21 heavy (non-hydrogen) atoms. The van der Waals surface area contributed by atoms with Crippen LogP contribution in [0.3, 0.4) is 0 Å². The average Bonchev–Trinajstić information content (AvgIpc) is 2.37. The molecule has 0 spiro atoms. The van der Waals surface area contributed by atoms with Gasteiger partial charge in [-0.2, -0.15) is 0 Å². The first-order valence-electron chi connectivity index (χ1n) is 5.83. The number of carbonyl (C=O) groups is 1. The quantitative estimate of drug-likeness (QED) is 0.948. The van der Waals surface area contributed by atoms with Crippen molar-refractivity contribution >= 4 is 21.4 Å². The molecule has 2 aromatic rings. The zero-order valence-corrected chi connectivity index (χ0v) is 11.7. The summed E-state index contributed by atoms with van der Waals surface area (Å²) in [4.78, 5) is 11.9. The molecule has 0 saturated heterocycles. The van der Waals surface area contributed by atoms with E-state index in [0.717, 1.165) is 18.4 Å². The molecule has 0 aliphatic rings. The van der Waals surface area contributed by atoms with Crippen molar-refractivity contribution < 1.29 is 22.0 Å². The van der Waals surface area contributed by atoms with E-state index in [1.165, 1.54) is 24.3 Å². The molecule has 4 nitrogen and oxygen atoms in total. The maximum Gasteiger partial charge on any atom is 0.255 e. The molecule has 0 fully saturated rings. The normalized spacial score (nSPS) is 11.2. The first-order chi connectivity index (χ1) is 9.75. The minimum absolute atomic E-state index is 0.109. The number of nitrogens with one attached hydrogen (secondary N) is 1. The summed E-state index contributed by atoms with van der Waals surface area (Å²) in [7, 11) is -3.32. The van der Waals surface area contributed by atoms with E-state index in [-0.39, 0.29) is 10.5 Å². The molecule has 0 heterocycles. The van der Waals surface area contributed by atoms with Crippen molar-refractivity contribution in [3.8, 4) is 0 Å². The maximum absolute atomic E-state index is 13.0. The van der Waals surface area contributed by atoms with Crippen LogP contribution in [0, 0.1) is 11.6 Å². The molecule has 0 saturated carbocycles. The van der Waals surface area contributed by atoms with Gasteiger partial charge >= 0.3 is 0 Å². The minimum Gasteiger partial charge on any atom is -0.322 e. The summed E-state index contributed by atoms with van der Waals surface area (Å²) in [5.74, 6) is -2.40. The third kappa shape index (κ3) is 3.85. The molecule has 2 aromatic carbocycles. The van der Waals surface area contributed by atoms with Gasteiger partial charge in [-0.3, -0.25) is 4.79 Å². The Bertz CT molecular complexity index is 766. The summed E-state index contributed by atoms with van der Waals surface area (Å²) in [6.07, 6.45) is 1.07. The van der Waals surface area contributed by atoms with E-state index in [9.17, 15) is 22.0 Å². The van der Waals surface area contributed by atoms with Crippen LogP contribution in [-0.4, -0.2) is 20.6 Å². The van der Waals surface area contributed by atoms with Crippen LogP contribution in [-0.2, 0) is 9.84 Å².